The molecule has 0 bridgehead atoms. The molecule has 0 unspecified atom stereocenters. The standard InChI is InChI=1S/C23H23NO4/c1-14-9-10-18(11-15(14)2)24-16(3)21(23(26)28-5)20(22(24)25)13-17-7-6-8-19(12-17)27-4/h6-13H,1-5H3/b20-13-. The molecule has 1 heterocycles. The molecule has 0 aliphatic carbocycles. The van der Waals surface area contributed by atoms with Gasteiger partial charge in [0, 0.05) is 11.4 Å². The van der Waals surface area contributed by atoms with Crippen molar-refractivity contribution in [1.29, 1.82) is 0 Å². The number of hydrogen-bond acceptors (Lipinski definition) is 4. The van der Waals surface area contributed by atoms with E-state index in [4.69, 9.17) is 9.47 Å². The summed E-state index contributed by atoms with van der Waals surface area (Å²) in [6.45, 7) is 5.76. The zero-order valence-corrected chi connectivity index (χ0v) is 16.7. The van der Waals surface area contributed by atoms with Crippen LogP contribution in [0.15, 0.2) is 59.3 Å². The van der Waals surface area contributed by atoms with Crippen LogP contribution in [0.1, 0.15) is 23.6 Å². The fraction of sp³-hybridized carbons (Fsp3) is 0.217. The van der Waals surface area contributed by atoms with Gasteiger partial charge in [-0.05, 0) is 67.8 Å². The molecule has 5 nitrogen and oxygen atoms in total. The number of amides is 1. The van der Waals surface area contributed by atoms with Gasteiger partial charge in [0.25, 0.3) is 5.91 Å². The lowest BCUT2D eigenvalue weighted by atomic mass is 10.0. The first kappa shape index (κ1) is 19.4. The Bertz CT molecular complexity index is 1020. The highest BCUT2D eigenvalue weighted by molar-refractivity contribution is 6.23. The van der Waals surface area contributed by atoms with Crippen LogP contribution in [-0.2, 0) is 14.3 Å². The molecule has 1 aliphatic rings. The number of hydrogen-bond donors (Lipinski definition) is 0. The van der Waals surface area contributed by atoms with E-state index in [1.165, 1.54) is 7.11 Å². The molecule has 2 aromatic rings. The zero-order valence-electron chi connectivity index (χ0n) is 16.7. The van der Waals surface area contributed by atoms with Crippen molar-refractivity contribution < 1.29 is 19.1 Å². The second kappa shape index (κ2) is 7.72. The second-order valence-corrected chi connectivity index (χ2v) is 6.70. The Balaban J connectivity index is 2.14. The summed E-state index contributed by atoms with van der Waals surface area (Å²) in [5.74, 6) is -0.124. The Morgan fingerprint density at radius 2 is 1.75 bits per heavy atom. The lowest BCUT2D eigenvalue weighted by molar-refractivity contribution is -0.136. The fourth-order valence-electron chi connectivity index (χ4n) is 3.25. The van der Waals surface area contributed by atoms with Crippen molar-refractivity contribution in [3.05, 3.63) is 76.0 Å². The highest BCUT2D eigenvalue weighted by Crippen LogP contribution is 2.36. The topological polar surface area (TPSA) is 55.8 Å². The minimum Gasteiger partial charge on any atom is -0.497 e. The molecule has 0 N–H and O–H groups in total. The SMILES string of the molecule is COC(=O)C1=C(C)N(c2ccc(C)c(C)c2)C(=O)/C1=C\c1cccc(OC)c1. The molecule has 0 atom stereocenters. The summed E-state index contributed by atoms with van der Waals surface area (Å²) in [6.07, 6.45) is 1.70. The maximum Gasteiger partial charge on any atom is 0.340 e. The average Bonchev–Trinajstić information content (AvgIpc) is 2.93. The minimum absolute atomic E-state index is 0.260. The van der Waals surface area contributed by atoms with Crippen LogP contribution in [0.2, 0.25) is 0 Å². The summed E-state index contributed by atoms with van der Waals surface area (Å²) >= 11 is 0. The number of esters is 1. The predicted octanol–water partition coefficient (Wildman–Crippen LogP) is 4.19. The largest absolute Gasteiger partial charge is 0.497 e. The molecule has 0 saturated heterocycles. The average molecular weight is 377 g/mol. The molecule has 5 heteroatoms. The zero-order chi connectivity index (χ0) is 20.4. The maximum atomic E-state index is 13.3. The number of methoxy groups -OCH3 is 2. The smallest absolute Gasteiger partial charge is 0.340 e. The van der Waals surface area contributed by atoms with Gasteiger partial charge in [-0.25, -0.2) is 4.79 Å². The van der Waals surface area contributed by atoms with Crippen LogP contribution >= 0.6 is 0 Å². The van der Waals surface area contributed by atoms with E-state index in [2.05, 4.69) is 0 Å². The first-order chi connectivity index (χ1) is 13.4. The van der Waals surface area contributed by atoms with E-state index in [1.807, 2.05) is 56.3 Å². The number of aryl methyl sites for hydroxylation is 2. The lowest BCUT2D eigenvalue weighted by Gasteiger charge is -2.19. The number of carbonyl (C=O) groups excluding carboxylic acids is 2. The highest BCUT2D eigenvalue weighted by Gasteiger charge is 2.37. The summed E-state index contributed by atoms with van der Waals surface area (Å²) in [5, 5.41) is 0. The fourth-order valence-corrected chi connectivity index (χ4v) is 3.25. The molecule has 1 amide bonds. The number of anilines is 1. The molecular formula is C23H23NO4. The molecular weight excluding hydrogens is 354 g/mol. The van der Waals surface area contributed by atoms with E-state index in [0.717, 1.165) is 22.4 Å². The van der Waals surface area contributed by atoms with Gasteiger partial charge in [0.1, 0.15) is 5.75 Å². The maximum absolute atomic E-state index is 13.3. The van der Waals surface area contributed by atoms with Crippen LogP contribution in [0.4, 0.5) is 5.69 Å². The third-order valence-electron chi connectivity index (χ3n) is 4.94. The normalized spacial score (nSPS) is 15.4. The van der Waals surface area contributed by atoms with Crippen molar-refractivity contribution in [2.45, 2.75) is 20.8 Å². The molecule has 0 spiro atoms. The quantitative estimate of drug-likeness (QED) is 0.592. The van der Waals surface area contributed by atoms with Crippen molar-refractivity contribution in [3.63, 3.8) is 0 Å². The Kier molecular flexibility index (Phi) is 5.36. The summed E-state index contributed by atoms with van der Waals surface area (Å²) in [7, 11) is 2.90. The highest BCUT2D eigenvalue weighted by atomic mass is 16.5. The molecule has 0 saturated carbocycles. The van der Waals surface area contributed by atoms with Crippen LogP contribution in [0.3, 0.4) is 0 Å². The van der Waals surface area contributed by atoms with Crippen LogP contribution < -0.4 is 9.64 Å². The molecule has 0 radical (unpaired) electrons. The third-order valence-corrected chi connectivity index (χ3v) is 4.94. The van der Waals surface area contributed by atoms with Crippen molar-refractivity contribution in [3.8, 4) is 5.75 Å². The van der Waals surface area contributed by atoms with E-state index in [1.54, 1.807) is 25.0 Å². The van der Waals surface area contributed by atoms with Gasteiger partial charge < -0.3 is 9.47 Å². The van der Waals surface area contributed by atoms with Crippen molar-refractivity contribution in [1.82, 2.24) is 0 Å². The first-order valence-corrected chi connectivity index (χ1v) is 8.94. The number of ether oxygens (including phenoxy) is 2. The lowest BCUT2D eigenvalue weighted by Crippen LogP contribution is -2.24. The Hall–Kier alpha value is -3.34. The van der Waals surface area contributed by atoms with Crippen LogP contribution in [0, 0.1) is 13.8 Å². The Morgan fingerprint density at radius 3 is 2.39 bits per heavy atom. The second-order valence-electron chi connectivity index (χ2n) is 6.70. The summed E-state index contributed by atoms with van der Waals surface area (Å²) in [5.41, 5.74) is 4.82. The van der Waals surface area contributed by atoms with E-state index in [0.29, 0.717) is 17.0 Å². The van der Waals surface area contributed by atoms with Gasteiger partial charge in [-0.15, -0.1) is 0 Å². The molecule has 0 aromatic heterocycles. The van der Waals surface area contributed by atoms with Gasteiger partial charge in [-0.3, -0.25) is 9.69 Å². The summed E-state index contributed by atoms with van der Waals surface area (Å²) in [6, 6.07) is 13.1. The van der Waals surface area contributed by atoms with Gasteiger partial charge in [0.2, 0.25) is 0 Å². The number of benzene rings is 2. The number of carbonyl (C=O) groups is 2. The Morgan fingerprint density at radius 1 is 1.00 bits per heavy atom. The number of allylic oxidation sites excluding steroid dienone is 1. The van der Waals surface area contributed by atoms with Gasteiger partial charge in [0.15, 0.2) is 0 Å². The monoisotopic (exact) mass is 377 g/mol. The van der Waals surface area contributed by atoms with E-state index >= 15 is 0 Å². The van der Waals surface area contributed by atoms with Crippen molar-refractivity contribution >= 4 is 23.6 Å². The molecule has 28 heavy (non-hydrogen) atoms. The summed E-state index contributed by atoms with van der Waals surface area (Å²) < 4.78 is 10.2. The molecule has 1 aliphatic heterocycles. The van der Waals surface area contributed by atoms with Gasteiger partial charge in [-0.2, -0.15) is 0 Å². The number of rotatable bonds is 4. The van der Waals surface area contributed by atoms with Crippen LogP contribution in [0.5, 0.6) is 5.75 Å². The van der Waals surface area contributed by atoms with Gasteiger partial charge >= 0.3 is 5.97 Å². The third kappa shape index (κ3) is 3.43. The molecule has 144 valence electrons. The van der Waals surface area contributed by atoms with Crippen molar-refractivity contribution in [2.24, 2.45) is 0 Å². The van der Waals surface area contributed by atoms with E-state index < -0.39 is 5.97 Å². The first-order valence-electron chi connectivity index (χ1n) is 8.94. The minimum atomic E-state index is -0.536. The van der Waals surface area contributed by atoms with Gasteiger partial charge in [-0.1, -0.05) is 18.2 Å². The Labute approximate surface area is 164 Å². The summed E-state index contributed by atoms with van der Waals surface area (Å²) in [4.78, 5) is 27.3. The van der Waals surface area contributed by atoms with E-state index in [-0.39, 0.29) is 11.5 Å². The predicted molar refractivity (Wildman–Crippen MR) is 109 cm³/mol. The molecule has 2 aromatic carbocycles. The molecule has 0 fully saturated rings. The van der Waals surface area contributed by atoms with Crippen LogP contribution in [-0.4, -0.2) is 26.1 Å². The van der Waals surface area contributed by atoms with Gasteiger partial charge in [0.05, 0.1) is 25.4 Å². The van der Waals surface area contributed by atoms with Crippen molar-refractivity contribution in [2.75, 3.05) is 19.1 Å². The number of nitrogens with zero attached hydrogens (tertiary/aromatic N) is 1. The van der Waals surface area contributed by atoms with E-state index in [9.17, 15) is 9.59 Å². The van der Waals surface area contributed by atoms with Crippen LogP contribution in [0.25, 0.3) is 6.08 Å². The molecule has 3 rings (SSSR count).